The number of benzene rings is 2. The van der Waals surface area contributed by atoms with Gasteiger partial charge in [0.05, 0.1) is 29.7 Å². The largest absolute Gasteiger partial charge is 0.492 e. The highest BCUT2D eigenvalue weighted by atomic mass is 35.5. The summed E-state index contributed by atoms with van der Waals surface area (Å²) >= 11 is 6.50. The van der Waals surface area contributed by atoms with Crippen LogP contribution in [0.2, 0.25) is 5.02 Å². The Morgan fingerprint density at radius 3 is 2.87 bits per heavy atom. The van der Waals surface area contributed by atoms with Crippen molar-refractivity contribution in [3.63, 3.8) is 0 Å². The number of hydrogen-bond donors (Lipinski definition) is 2. The average molecular weight is 419 g/mol. The summed E-state index contributed by atoms with van der Waals surface area (Å²) in [6.45, 7) is 3.02. The van der Waals surface area contributed by atoms with E-state index in [9.17, 15) is 5.26 Å². The molecular weight excluding hydrogens is 400 g/mol. The van der Waals surface area contributed by atoms with Crippen LogP contribution >= 0.6 is 11.6 Å². The van der Waals surface area contributed by atoms with E-state index in [4.69, 9.17) is 22.1 Å². The minimum Gasteiger partial charge on any atom is -0.492 e. The zero-order valence-corrected chi connectivity index (χ0v) is 17.0. The molecule has 4 aromatic rings. The van der Waals surface area contributed by atoms with E-state index in [1.54, 1.807) is 18.6 Å². The predicted molar refractivity (Wildman–Crippen MR) is 118 cm³/mol. The first-order valence-electron chi connectivity index (χ1n) is 9.36. The molecule has 0 amide bonds. The monoisotopic (exact) mass is 418 g/mol. The maximum Gasteiger partial charge on any atom is 0.144 e. The number of nitriles is 1. The summed E-state index contributed by atoms with van der Waals surface area (Å²) in [4.78, 5) is 8.41. The van der Waals surface area contributed by atoms with Gasteiger partial charge in [0.25, 0.3) is 0 Å². The molecule has 0 spiro atoms. The van der Waals surface area contributed by atoms with E-state index in [-0.39, 0.29) is 0 Å². The zero-order chi connectivity index (χ0) is 21.1. The van der Waals surface area contributed by atoms with Crippen LogP contribution in [0.3, 0.4) is 0 Å². The molecule has 2 aromatic heterocycles. The van der Waals surface area contributed by atoms with Crippen LogP contribution in [-0.2, 0) is 6.54 Å². The quantitative estimate of drug-likeness (QED) is 0.439. The van der Waals surface area contributed by atoms with Gasteiger partial charge in [0.15, 0.2) is 0 Å². The van der Waals surface area contributed by atoms with Crippen LogP contribution in [0, 0.1) is 11.3 Å². The molecule has 0 unspecified atom stereocenters. The lowest BCUT2D eigenvalue weighted by Crippen LogP contribution is -2.02. The Labute approximate surface area is 178 Å². The van der Waals surface area contributed by atoms with Crippen LogP contribution in [0.25, 0.3) is 10.9 Å². The second kappa shape index (κ2) is 8.31. The molecule has 0 aliphatic rings. The fourth-order valence-corrected chi connectivity index (χ4v) is 3.48. The number of imidazole rings is 1. The van der Waals surface area contributed by atoms with Gasteiger partial charge in [-0.15, -0.1) is 0 Å². The molecule has 0 fully saturated rings. The minimum absolute atomic E-state index is 0.407. The third-order valence-corrected chi connectivity index (χ3v) is 5.05. The molecule has 0 atom stereocenters. The maximum atomic E-state index is 9.59. The Kier molecular flexibility index (Phi) is 5.42. The van der Waals surface area contributed by atoms with E-state index < -0.39 is 0 Å². The number of aromatic nitrogens is 3. The van der Waals surface area contributed by atoms with Crippen molar-refractivity contribution in [2.45, 2.75) is 13.5 Å². The number of hydrogen-bond acceptors (Lipinski definition) is 6. The van der Waals surface area contributed by atoms with Crippen LogP contribution in [-0.4, -0.2) is 21.1 Å². The molecule has 3 N–H and O–H groups in total. The van der Waals surface area contributed by atoms with Gasteiger partial charge >= 0.3 is 0 Å². The molecular formula is C22H19ClN6O. The second-order valence-electron chi connectivity index (χ2n) is 6.63. The zero-order valence-electron chi connectivity index (χ0n) is 16.3. The Bertz CT molecular complexity index is 1250. The molecule has 2 aromatic carbocycles. The number of fused-ring (bicyclic) bond motifs is 1. The van der Waals surface area contributed by atoms with Crippen molar-refractivity contribution in [3.8, 4) is 11.8 Å². The van der Waals surface area contributed by atoms with Crippen LogP contribution in [0.5, 0.6) is 5.75 Å². The number of pyridine rings is 1. The normalized spacial score (nSPS) is 10.7. The maximum absolute atomic E-state index is 9.59. The number of anilines is 3. The molecule has 8 heteroatoms. The molecule has 30 heavy (non-hydrogen) atoms. The number of nitrogen functional groups attached to an aromatic ring is 1. The summed E-state index contributed by atoms with van der Waals surface area (Å²) < 4.78 is 7.50. The molecule has 0 bridgehead atoms. The first-order chi connectivity index (χ1) is 14.6. The van der Waals surface area contributed by atoms with E-state index in [0.717, 1.165) is 16.6 Å². The van der Waals surface area contributed by atoms with Gasteiger partial charge in [-0.3, -0.25) is 4.98 Å². The molecule has 0 aliphatic heterocycles. The van der Waals surface area contributed by atoms with Gasteiger partial charge in [-0.2, -0.15) is 5.26 Å². The second-order valence-corrected chi connectivity index (χ2v) is 7.04. The Hall–Kier alpha value is -3.76. The Morgan fingerprint density at radius 2 is 2.17 bits per heavy atom. The van der Waals surface area contributed by atoms with Gasteiger partial charge in [0.1, 0.15) is 17.5 Å². The van der Waals surface area contributed by atoms with E-state index in [1.165, 1.54) is 6.20 Å². The number of nitrogens with zero attached hydrogens (tertiary/aromatic N) is 4. The summed E-state index contributed by atoms with van der Waals surface area (Å²) in [5.41, 5.74) is 10.0. The fourth-order valence-electron chi connectivity index (χ4n) is 3.24. The standard InChI is InChI=1S/C22H19ClN6O/c1-2-30-19-6-5-17-21(15(10-24)11-27-22(17)20(19)25)28-16-4-3-14(18(23)9-16)12-29-8-7-26-13-29/h3-9,11,13H,2,12,25H2,1H3,(H,27,28). The van der Waals surface area contributed by atoms with Crippen LogP contribution in [0.4, 0.5) is 17.1 Å². The van der Waals surface area contributed by atoms with Gasteiger partial charge in [-0.25, -0.2) is 4.98 Å². The molecule has 0 radical (unpaired) electrons. The number of halogens is 1. The fraction of sp³-hybridized carbons (Fsp3) is 0.136. The SMILES string of the molecule is CCOc1ccc2c(Nc3ccc(Cn4ccnc4)c(Cl)c3)c(C#N)cnc2c1N. The molecule has 2 heterocycles. The average Bonchev–Trinajstić information content (AvgIpc) is 3.26. The topological polar surface area (TPSA) is 102 Å². The Balaban J connectivity index is 1.71. The van der Waals surface area contributed by atoms with Crippen molar-refractivity contribution >= 4 is 39.6 Å². The van der Waals surface area contributed by atoms with Crippen LogP contribution in [0.1, 0.15) is 18.1 Å². The van der Waals surface area contributed by atoms with Gasteiger partial charge < -0.3 is 20.4 Å². The highest BCUT2D eigenvalue weighted by molar-refractivity contribution is 6.31. The van der Waals surface area contributed by atoms with Crippen molar-refractivity contribution in [2.75, 3.05) is 17.7 Å². The lowest BCUT2D eigenvalue weighted by molar-refractivity contribution is 0.342. The van der Waals surface area contributed by atoms with E-state index in [0.29, 0.717) is 46.4 Å². The van der Waals surface area contributed by atoms with E-state index >= 15 is 0 Å². The van der Waals surface area contributed by atoms with Crippen molar-refractivity contribution in [1.29, 1.82) is 5.26 Å². The summed E-state index contributed by atoms with van der Waals surface area (Å²) in [5.74, 6) is 0.569. The summed E-state index contributed by atoms with van der Waals surface area (Å²) in [7, 11) is 0. The van der Waals surface area contributed by atoms with Crippen molar-refractivity contribution in [2.24, 2.45) is 0 Å². The first kappa shape index (κ1) is 19.6. The smallest absolute Gasteiger partial charge is 0.144 e. The van der Waals surface area contributed by atoms with Crippen LogP contribution in [0.15, 0.2) is 55.2 Å². The molecule has 0 saturated carbocycles. The highest BCUT2D eigenvalue weighted by Gasteiger charge is 2.14. The van der Waals surface area contributed by atoms with E-state index in [2.05, 4.69) is 21.4 Å². The molecule has 7 nitrogen and oxygen atoms in total. The molecule has 150 valence electrons. The molecule has 0 saturated heterocycles. The number of ether oxygens (including phenoxy) is 1. The first-order valence-corrected chi connectivity index (χ1v) is 9.73. The summed E-state index contributed by atoms with van der Waals surface area (Å²) in [5, 5.41) is 14.2. The third kappa shape index (κ3) is 3.73. The predicted octanol–water partition coefficient (Wildman–Crippen LogP) is 4.73. The van der Waals surface area contributed by atoms with Gasteiger partial charge in [0, 0.05) is 41.2 Å². The highest BCUT2D eigenvalue weighted by Crippen LogP contribution is 2.36. The van der Waals surface area contributed by atoms with Gasteiger partial charge in [-0.05, 0) is 36.8 Å². The van der Waals surface area contributed by atoms with Gasteiger partial charge in [-0.1, -0.05) is 17.7 Å². The number of rotatable bonds is 6. The summed E-state index contributed by atoms with van der Waals surface area (Å²) in [6.07, 6.45) is 6.85. The third-order valence-electron chi connectivity index (χ3n) is 4.69. The van der Waals surface area contributed by atoms with Crippen molar-refractivity contribution in [1.82, 2.24) is 14.5 Å². The van der Waals surface area contributed by atoms with Crippen LogP contribution < -0.4 is 15.8 Å². The number of nitrogens with one attached hydrogen (secondary N) is 1. The van der Waals surface area contributed by atoms with Crippen molar-refractivity contribution < 1.29 is 4.74 Å². The minimum atomic E-state index is 0.407. The molecule has 0 aliphatic carbocycles. The lowest BCUT2D eigenvalue weighted by Gasteiger charge is -2.15. The number of nitrogens with two attached hydrogens (primary N) is 1. The molecule has 4 rings (SSSR count). The Morgan fingerprint density at radius 1 is 1.30 bits per heavy atom. The summed E-state index contributed by atoms with van der Waals surface area (Å²) in [6, 6.07) is 11.5. The lowest BCUT2D eigenvalue weighted by atomic mass is 10.1. The van der Waals surface area contributed by atoms with E-state index in [1.807, 2.05) is 42.0 Å². The van der Waals surface area contributed by atoms with Gasteiger partial charge in [0.2, 0.25) is 0 Å². The van der Waals surface area contributed by atoms with Crippen molar-refractivity contribution in [3.05, 3.63) is 71.4 Å².